The first kappa shape index (κ1) is 11.7. The summed E-state index contributed by atoms with van der Waals surface area (Å²) in [4.78, 5) is 7.73. The van der Waals surface area contributed by atoms with Crippen molar-refractivity contribution in [2.75, 3.05) is 5.73 Å². The van der Waals surface area contributed by atoms with Crippen LogP contribution >= 0.6 is 11.6 Å². The number of ether oxygens (including phenoxy) is 1. The molecule has 17 heavy (non-hydrogen) atoms. The van der Waals surface area contributed by atoms with Crippen LogP contribution in [-0.2, 0) is 0 Å². The average Bonchev–Trinajstić information content (AvgIpc) is 2.30. The molecule has 5 heteroatoms. The molecule has 0 amide bonds. The topological polar surface area (TPSA) is 61.0 Å². The van der Waals surface area contributed by atoms with E-state index in [-0.39, 0.29) is 16.7 Å². The number of hydrogen-bond acceptors (Lipinski definition) is 4. The molecule has 0 atom stereocenters. The average molecular weight is 250 g/mol. The van der Waals surface area contributed by atoms with Crippen LogP contribution in [0.25, 0.3) is 0 Å². The van der Waals surface area contributed by atoms with Gasteiger partial charge in [0.05, 0.1) is 0 Å². The summed E-state index contributed by atoms with van der Waals surface area (Å²) in [5.74, 6) is 0.991. The third-order valence-corrected chi connectivity index (χ3v) is 2.65. The number of nitrogens with zero attached hydrogens (tertiary/aromatic N) is 2. The van der Waals surface area contributed by atoms with Gasteiger partial charge < -0.3 is 10.5 Å². The van der Waals surface area contributed by atoms with Gasteiger partial charge >= 0.3 is 0 Å². The standard InChI is InChI=1S/C12H12ClN3O/c1-7-3-4-8(2)9(5-7)17-12-10(14)11(13)15-6-16-12/h3-6H,14H2,1-2H3. The Balaban J connectivity index is 2.38. The van der Waals surface area contributed by atoms with E-state index >= 15 is 0 Å². The van der Waals surface area contributed by atoms with E-state index in [4.69, 9.17) is 22.1 Å². The number of anilines is 1. The van der Waals surface area contributed by atoms with Crippen molar-refractivity contribution in [1.29, 1.82) is 0 Å². The van der Waals surface area contributed by atoms with E-state index in [0.29, 0.717) is 5.75 Å². The molecule has 0 saturated carbocycles. The number of nitrogens with two attached hydrogens (primary N) is 1. The Morgan fingerprint density at radius 2 is 2.00 bits per heavy atom. The molecule has 0 spiro atoms. The SMILES string of the molecule is Cc1ccc(C)c(Oc2ncnc(Cl)c2N)c1. The molecule has 0 aliphatic rings. The van der Waals surface area contributed by atoms with E-state index in [1.165, 1.54) is 6.33 Å². The van der Waals surface area contributed by atoms with Crippen LogP contribution < -0.4 is 10.5 Å². The van der Waals surface area contributed by atoms with Gasteiger partial charge in [0.15, 0.2) is 5.15 Å². The lowest BCUT2D eigenvalue weighted by Gasteiger charge is -2.10. The molecule has 2 rings (SSSR count). The van der Waals surface area contributed by atoms with Crippen molar-refractivity contribution in [3.63, 3.8) is 0 Å². The number of nitrogen functional groups attached to an aromatic ring is 1. The van der Waals surface area contributed by atoms with Crippen molar-refractivity contribution < 1.29 is 4.74 Å². The summed E-state index contributed by atoms with van der Waals surface area (Å²) < 4.78 is 5.64. The Kier molecular flexibility index (Phi) is 3.15. The highest BCUT2D eigenvalue weighted by molar-refractivity contribution is 6.32. The number of rotatable bonds is 2. The van der Waals surface area contributed by atoms with Gasteiger partial charge in [-0.2, -0.15) is 4.98 Å². The lowest BCUT2D eigenvalue weighted by Crippen LogP contribution is -1.98. The Morgan fingerprint density at radius 1 is 1.24 bits per heavy atom. The second kappa shape index (κ2) is 4.59. The fourth-order valence-corrected chi connectivity index (χ4v) is 1.49. The van der Waals surface area contributed by atoms with Crippen LogP contribution in [0.4, 0.5) is 5.69 Å². The molecule has 0 aliphatic carbocycles. The number of hydrogen-bond donors (Lipinski definition) is 1. The van der Waals surface area contributed by atoms with E-state index in [1.54, 1.807) is 0 Å². The van der Waals surface area contributed by atoms with Gasteiger partial charge in [-0.05, 0) is 31.0 Å². The molecule has 1 heterocycles. The molecule has 2 aromatic rings. The maximum Gasteiger partial charge on any atom is 0.247 e. The molecule has 0 bridgehead atoms. The van der Waals surface area contributed by atoms with Crippen molar-refractivity contribution in [2.45, 2.75) is 13.8 Å². The summed E-state index contributed by atoms with van der Waals surface area (Å²) in [7, 11) is 0. The van der Waals surface area contributed by atoms with Gasteiger partial charge in [-0.25, -0.2) is 4.98 Å². The minimum absolute atomic E-state index is 0.195. The highest BCUT2D eigenvalue weighted by atomic mass is 35.5. The van der Waals surface area contributed by atoms with E-state index < -0.39 is 0 Å². The molecular weight excluding hydrogens is 238 g/mol. The minimum Gasteiger partial charge on any atom is -0.437 e. The van der Waals surface area contributed by atoms with Crippen LogP contribution in [0.2, 0.25) is 5.15 Å². The smallest absolute Gasteiger partial charge is 0.247 e. The quantitative estimate of drug-likeness (QED) is 0.831. The first-order chi connectivity index (χ1) is 8.08. The predicted molar refractivity (Wildman–Crippen MR) is 67.4 cm³/mol. The molecule has 0 radical (unpaired) electrons. The molecule has 88 valence electrons. The van der Waals surface area contributed by atoms with Crippen LogP contribution in [0.1, 0.15) is 11.1 Å². The second-order valence-electron chi connectivity index (χ2n) is 3.75. The molecule has 2 N–H and O–H groups in total. The van der Waals surface area contributed by atoms with Gasteiger partial charge in [-0.15, -0.1) is 0 Å². The second-order valence-corrected chi connectivity index (χ2v) is 4.11. The maximum atomic E-state index is 5.80. The molecule has 4 nitrogen and oxygen atoms in total. The molecule has 1 aromatic heterocycles. The zero-order chi connectivity index (χ0) is 12.4. The summed E-state index contributed by atoms with van der Waals surface area (Å²) in [6, 6.07) is 5.91. The summed E-state index contributed by atoms with van der Waals surface area (Å²) in [6.07, 6.45) is 1.32. The van der Waals surface area contributed by atoms with Crippen LogP contribution in [0.3, 0.4) is 0 Å². The normalized spacial score (nSPS) is 10.3. The van der Waals surface area contributed by atoms with Crippen LogP contribution in [0.5, 0.6) is 11.6 Å². The third kappa shape index (κ3) is 2.47. The van der Waals surface area contributed by atoms with Crippen molar-refractivity contribution in [3.05, 3.63) is 40.8 Å². The third-order valence-electron chi connectivity index (χ3n) is 2.35. The van der Waals surface area contributed by atoms with E-state index in [0.717, 1.165) is 11.1 Å². The van der Waals surface area contributed by atoms with Crippen LogP contribution in [-0.4, -0.2) is 9.97 Å². The number of aromatic nitrogens is 2. The van der Waals surface area contributed by atoms with Gasteiger partial charge in [0.2, 0.25) is 5.88 Å². The van der Waals surface area contributed by atoms with Gasteiger partial charge in [-0.1, -0.05) is 23.7 Å². The monoisotopic (exact) mass is 249 g/mol. The van der Waals surface area contributed by atoms with Crippen molar-refractivity contribution in [1.82, 2.24) is 9.97 Å². The molecule has 0 unspecified atom stereocenters. The van der Waals surface area contributed by atoms with Gasteiger partial charge in [-0.3, -0.25) is 0 Å². The summed E-state index contributed by atoms with van der Waals surface area (Å²) in [5.41, 5.74) is 8.09. The zero-order valence-corrected chi connectivity index (χ0v) is 10.3. The Morgan fingerprint density at radius 3 is 2.76 bits per heavy atom. The van der Waals surface area contributed by atoms with Crippen LogP contribution in [0.15, 0.2) is 24.5 Å². The first-order valence-corrected chi connectivity index (χ1v) is 5.47. The lowest BCUT2D eigenvalue weighted by molar-refractivity contribution is 0.460. The Labute approximate surface area is 104 Å². The number of aryl methyl sites for hydroxylation is 2. The highest BCUT2D eigenvalue weighted by Gasteiger charge is 2.09. The van der Waals surface area contributed by atoms with Gasteiger partial charge in [0.1, 0.15) is 17.8 Å². The van der Waals surface area contributed by atoms with E-state index in [1.807, 2.05) is 32.0 Å². The van der Waals surface area contributed by atoms with Gasteiger partial charge in [0.25, 0.3) is 0 Å². The molecule has 0 aliphatic heterocycles. The largest absolute Gasteiger partial charge is 0.437 e. The Bertz CT molecular complexity index is 557. The number of halogens is 1. The zero-order valence-electron chi connectivity index (χ0n) is 9.57. The molecule has 1 aromatic carbocycles. The maximum absolute atomic E-state index is 5.80. The highest BCUT2D eigenvalue weighted by Crippen LogP contribution is 2.30. The van der Waals surface area contributed by atoms with Crippen molar-refractivity contribution in [2.24, 2.45) is 0 Å². The number of benzene rings is 1. The summed E-state index contributed by atoms with van der Waals surface area (Å²) in [5, 5.41) is 0.195. The summed E-state index contributed by atoms with van der Waals surface area (Å²) >= 11 is 5.80. The van der Waals surface area contributed by atoms with Crippen LogP contribution in [0, 0.1) is 13.8 Å². The molecule has 0 saturated heterocycles. The lowest BCUT2D eigenvalue weighted by atomic mass is 10.1. The Hall–Kier alpha value is -1.81. The molecular formula is C12H12ClN3O. The van der Waals surface area contributed by atoms with Crippen molar-refractivity contribution in [3.8, 4) is 11.6 Å². The van der Waals surface area contributed by atoms with Gasteiger partial charge in [0, 0.05) is 0 Å². The fraction of sp³-hybridized carbons (Fsp3) is 0.167. The van der Waals surface area contributed by atoms with E-state index in [2.05, 4.69) is 9.97 Å². The van der Waals surface area contributed by atoms with E-state index in [9.17, 15) is 0 Å². The fourth-order valence-electron chi connectivity index (χ4n) is 1.36. The minimum atomic E-state index is 0.195. The summed E-state index contributed by atoms with van der Waals surface area (Å²) in [6.45, 7) is 3.94. The first-order valence-electron chi connectivity index (χ1n) is 5.09. The van der Waals surface area contributed by atoms with Crippen molar-refractivity contribution >= 4 is 17.3 Å². The predicted octanol–water partition coefficient (Wildman–Crippen LogP) is 3.12. The molecule has 0 fully saturated rings.